The average molecular weight is 308 g/mol. The van der Waals surface area contributed by atoms with Crippen molar-refractivity contribution in [3.8, 4) is 0 Å². The maximum atomic E-state index is 11.6. The fourth-order valence-corrected chi connectivity index (χ4v) is 4.26. The van der Waals surface area contributed by atoms with Crippen molar-refractivity contribution in [1.82, 2.24) is 15.5 Å². The molecular formula is C16H28N4O2. The molecule has 3 fully saturated rings. The van der Waals surface area contributed by atoms with Crippen molar-refractivity contribution in [2.24, 2.45) is 16.3 Å². The second-order valence-electron chi connectivity index (χ2n) is 7.41. The van der Waals surface area contributed by atoms with Gasteiger partial charge in [-0.05, 0) is 12.8 Å². The summed E-state index contributed by atoms with van der Waals surface area (Å²) in [6, 6.07) is 0.668. The van der Waals surface area contributed by atoms with E-state index in [4.69, 9.17) is 4.74 Å². The summed E-state index contributed by atoms with van der Waals surface area (Å²) in [6.07, 6.45) is 2.98. The molecule has 4 atom stereocenters. The van der Waals surface area contributed by atoms with Gasteiger partial charge in [0.05, 0.1) is 6.10 Å². The maximum absolute atomic E-state index is 11.6. The number of nitrogens with zero attached hydrogens (tertiary/aromatic N) is 2. The SMILES string of the molecule is CN=C(NC1CCC(=O)N(C)C1)NC1C2CCOC2C1(C)C. The predicted molar refractivity (Wildman–Crippen MR) is 85.7 cm³/mol. The zero-order chi connectivity index (χ0) is 15.9. The van der Waals surface area contributed by atoms with Crippen molar-refractivity contribution in [2.45, 2.75) is 51.3 Å². The molecule has 2 heterocycles. The molecule has 2 N–H and O–H groups in total. The minimum atomic E-state index is 0.137. The number of carbonyl (C=O) groups excluding carboxylic acids is 1. The maximum Gasteiger partial charge on any atom is 0.222 e. The molecule has 1 aliphatic carbocycles. The third kappa shape index (κ3) is 2.57. The molecule has 0 aromatic rings. The highest BCUT2D eigenvalue weighted by molar-refractivity contribution is 5.81. The molecule has 0 bridgehead atoms. The number of nitrogens with one attached hydrogen (secondary N) is 2. The van der Waals surface area contributed by atoms with Crippen LogP contribution in [0.1, 0.15) is 33.1 Å². The number of ether oxygens (including phenoxy) is 1. The summed E-state index contributed by atoms with van der Waals surface area (Å²) in [4.78, 5) is 17.7. The van der Waals surface area contributed by atoms with Crippen molar-refractivity contribution in [3.05, 3.63) is 0 Å². The first-order valence-corrected chi connectivity index (χ1v) is 8.29. The van der Waals surface area contributed by atoms with E-state index >= 15 is 0 Å². The molecular weight excluding hydrogens is 280 g/mol. The van der Waals surface area contributed by atoms with Crippen molar-refractivity contribution in [1.29, 1.82) is 0 Å². The van der Waals surface area contributed by atoms with Crippen LogP contribution in [0.5, 0.6) is 0 Å². The molecule has 0 aromatic heterocycles. The van der Waals surface area contributed by atoms with Crippen molar-refractivity contribution in [2.75, 3.05) is 27.2 Å². The van der Waals surface area contributed by atoms with Gasteiger partial charge in [0.2, 0.25) is 5.91 Å². The monoisotopic (exact) mass is 308 g/mol. The number of likely N-dealkylation sites (tertiary alicyclic amines) is 1. The van der Waals surface area contributed by atoms with E-state index in [2.05, 4.69) is 29.5 Å². The fourth-order valence-electron chi connectivity index (χ4n) is 4.26. The van der Waals surface area contributed by atoms with E-state index in [9.17, 15) is 4.79 Å². The third-order valence-corrected chi connectivity index (χ3v) is 5.58. The zero-order valence-electron chi connectivity index (χ0n) is 14.1. The Kier molecular flexibility index (Phi) is 4.05. The predicted octanol–water partition coefficient (Wildman–Crippen LogP) is 0.586. The van der Waals surface area contributed by atoms with Crippen LogP contribution in [-0.4, -0.2) is 62.2 Å². The number of guanidine groups is 1. The summed E-state index contributed by atoms with van der Waals surface area (Å²) < 4.78 is 5.84. The standard InChI is InChI=1S/C16H28N4O2/c1-16(2)13(11-7-8-22-14(11)16)19-15(17-3)18-10-5-6-12(21)20(4)9-10/h10-11,13-14H,5-9H2,1-4H3,(H2,17,18,19). The first kappa shape index (κ1) is 15.6. The molecule has 6 nitrogen and oxygen atoms in total. The number of rotatable bonds is 2. The Morgan fingerprint density at radius 1 is 1.36 bits per heavy atom. The smallest absolute Gasteiger partial charge is 0.222 e. The van der Waals surface area contributed by atoms with Crippen LogP contribution in [-0.2, 0) is 9.53 Å². The Hall–Kier alpha value is -1.30. The Balaban J connectivity index is 1.58. The molecule has 1 amide bonds. The van der Waals surface area contributed by atoms with E-state index in [0.717, 1.165) is 32.0 Å². The Morgan fingerprint density at radius 2 is 2.14 bits per heavy atom. The number of amides is 1. The van der Waals surface area contributed by atoms with Crippen LogP contribution < -0.4 is 10.6 Å². The number of hydrogen-bond acceptors (Lipinski definition) is 3. The number of carbonyl (C=O) groups is 1. The van der Waals surface area contributed by atoms with Crippen molar-refractivity contribution in [3.63, 3.8) is 0 Å². The Labute approximate surface area is 132 Å². The average Bonchev–Trinajstić information content (AvgIpc) is 2.94. The summed E-state index contributed by atoms with van der Waals surface area (Å²) in [5.74, 6) is 1.66. The second-order valence-corrected chi connectivity index (χ2v) is 7.41. The van der Waals surface area contributed by atoms with Crippen LogP contribution in [0.15, 0.2) is 4.99 Å². The highest BCUT2D eigenvalue weighted by atomic mass is 16.5. The molecule has 3 rings (SSSR count). The van der Waals surface area contributed by atoms with Gasteiger partial charge in [-0.25, -0.2) is 0 Å². The molecule has 1 saturated carbocycles. The summed E-state index contributed by atoms with van der Waals surface area (Å²) in [6.45, 7) is 6.14. The molecule has 22 heavy (non-hydrogen) atoms. The summed E-state index contributed by atoms with van der Waals surface area (Å²) >= 11 is 0. The van der Waals surface area contributed by atoms with Gasteiger partial charge in [-0.15, -0.1) is 0 Å². The van der Waals surface area contributed by atoms with E-state index in [0.29, 0.717) is 24.5 Å². The minimum Gasteiger partial charge on any atom is -0.377 e. The highest BCUT2D eigenvalue weighted by Gasteiger charge is 2.59. The van der Waals surface area contributed by atoms with E-state index < -0.39 is 0 Å². The van der Waals surface area contributed by atoms with E-state index in [-0.39, 0.29) is 17.4 Å². The fraction of sp³-hybridized carbons (Fsp3) is 0.875. The lowest BCUT2D eigenvalue weighted by molar-refractivity contribution is -0.132. The van der Waals surface area contributed by atoms with Crippen LogP contribution in [0, 0.1) is 11.3 Å². The van der Waals surface area contributed by atoms with Crippen LogP contribution >= 0.6 is 0 Å². The summed E-state index contributed by atoms with van der Waals surface area (Å²) in [5, 5.41) is 7.07. The van der Waals surface area contributed by atoms with Gasteiger partial charge in [-0.2, -0.15) is 0 Å². The number of piperidine rings is 1. The van der Waals surface area contributed by atoms with Gasteiger partial charge in [-0.1, -0.05) is 13.8 Å². The first-order valence-electron chi connectivity index (χ1n) is 8.29. The molecule has 4 unspecified atom stereocenters. The highest BCUT2D eigenvalue weighted by Crippen LogP contribution is 2.52. The van der Waals surface area contributed by atoms with Crippen molar-refractivity contribution >= 4 is 11.9 Å². The van der Waals surface area contributed by atoms with Gasteiger partial charge >= 0.3 is 0 Å². The number of fused-ring (bicyclic) bond motifs is 1. The van der Waals surface area contributed by atoms with Gasteiger partial charge in [0, 0.05) is 57.1 Å². The van der Waals surface area contributed by atoms with E-state index in [1.807, 2.05) is 7.05 Å². The van der Waals surface area contributed by atoms with Gasteiger partial charge in [0.1, 0.15) is 0 Å². The lowest BCUT2D eigenvalue weighted by Gasteiger charge is -2.55. The molecule has 124 valence electrons. The van der Waals surface area contributed by atoms with E-state index in [1.54, 1.807) is 11.9 Å². The minimum absolute atomic E-state index is 0.137. The zero-order valence-corrected chi connectivity index (χ0v) is 14.1. The molecule has 2 aliphatic heterocycles. The lowest BCUT2D eigenvalue weighted by Crippen LogP contribution is -2.68. The molecule has 6 heteroatoms. The normalized spacial score (nSPS) is 37.5. The van der Waals surface area contributed by atoms with Crippen LogP contribution in [0.2, 0.25) is 0 Å². The lowest BCUT2D eigenvalue weighted by atomic mass is 9.57. The molecule has 2 saturated heterocycles. The largest absolute Gasteiger partial charge is 0.377 e. The molecule has 0 spiro atoms. The van der Waals surface area contributed by atoms with Crippen molar-refractivity contribution < 1.29 is 9.53 Å². The molecule has 0 aromatic carbocycles. The molecule has 3 aliphatic rings. The first-order chi connectivity index (χ1) is 10.4. The second kappa shape index (κ2) is 5.72. The Bertz CT molecular complexity index is 477. The number of likely N-dealkylation sites (N-methyl/N-ethyl adjacent to an activating group) is 1. The van der Waals surface area contributed by atoms with Gasteiger partial charge in [0.25, 0.3) is 0 Å². The number of hydrogen-bond donors (Lipinski definition) is 2. The van der Waals surface area contributed by atoms with Crippen LogP contribution in [0.4, 0.5) is 0 Å². The Morgan fingerprint density at radius 3 is 2.82 bits per heavy atom. The van der Waals surface area contributed by atoms with Crippen LogP contribution in [0.25, 0.3) is 0 Å². The van der Waals surface area contributed by atoms with Gasteiger partial charge < -0.3 is 20.3 Å². The van der Waals surface area contributed by atoms with Crippen LogP contribution in [0.3, 0.4) is 0 Å². The third-order valence-electron chi connectivity index (χ3n) is 5.58. The number of aliphatic imine (C=N–C) groups is 1. The molecule has 0 radical (unpaired) electrons. The van der Waals surface area contributed by atoms with Gasteiger partial charge in [0.15, 0.2) is 5.96 Å². The summed E-state index contributed by atoms with van der Waals surface area (Å²) in [5.41, 5.74) is 0.137. The quantitative estimate of drug-likeness (QED) is 0.579. The van der Waals surface area contributed by atoms with E-state index in [1.165, 1.54) is 0 Å². The summed E-state index contributed by atoms with van der Waals surface area (Å²) in [7, 11) is 3.67. The topological polar surface area (TPSA) is 66.0 Å². The van der Waals surface area contributed by atoms with Gasteiger partial charge in [-0.3, -0.25) is 9.79 Å².